The van der Waals surface area contributed by atoms with Crippen molar-refractivity contribution < 1.29 is 9.53 Å². The van der Waals surface area contributed by atoms with Gasteiger partial charge < -0.3 is 10.1 Å². The fourth-order valence-electron chi connectivity index (χ4n) is 1.07. The molecule has 0 spiro atoms. The van der Waals surface area contributed by atoms with E-state index in [0.717, 1.165) is 18.2 Å². The van der Waals surface area contributed by atoms with Crippen LogP contribution in [0.1, 0.15) is 40.5 Å². The van der Waals surface area contributed by atoms with Gasteiger partial charge in [0.2, 0.25) is 0 Å². The average molecular weight is 280 g/mol. The van der Waals surface area contributed by atoms with Gasteiger partial charge in [-0.2, -0.15) is 0 Å². The lowest BCUT2D eigenvalue weighted by molar-refractivity contribution is 0.0525. The first-order valence-corrected chi connectivity index (χ1v) is 6.50. The van der Waals surface area contributed by atoms with Gasteiger partial charge in [-0.25, -0.2) is 4.79 Å². The number of amides is 1. The number of hydrogen-bond acceptors (Lipinski definition) is 2. The highest BCUT2D eigenvalue weighted by Gasteiger charge is 2.15. The number of ether oxygens (including phenoxy) is 1. The molecule has 0 radical (unpaired) electrons. The van der Waals surface area contributed by atoms with E-state index in [9.17, 15) is 4.79 Å². The van der Waals surface area contributed by atoms with Gasteiger partial charge in [-0.3, -0.25) is 0 Å². The molecule has 90 valence electrons. The minimum Gasteiger partial charge on any atom is -0.444 e. The standard InChI is InChI=1S/C11H22BrNO2/c1-9(5-7-12)6-8-13-10(14)15-11(2,3)4/h9H,5-8H2,1-4H3,(H,13,14). The quantitative estimate of drug-likeness (QED) is 0.784. The van der Waals surface area contributed by atoms with Gasteiger partial charge in [0, 0.05) is 11.9 Å². The lowest BCUT2D eigenvalue weighted by Crippen LogP contribution is -2.33. The Morgan fingerprint density at radius 2 is 2.00 bits per heavy atom. The van der Waals surface area contributed by atoms with E-state index < -0.39 is 5.60 Å². The van der Waals surface area contributed by atoms with E-state index in [1.807, 2.05) is 20.8 Å². The van der Waals surface area contributed by atoms with E-state index in [4.69, 9.17) is 4.74 Å². The second kappa shape index (κ2) is 7.09. The first kappa shape index (κ1) is 14.8. The Hall–Kier alpha value is -0.250. The molecular weight excluding hydrogens is 258 g/mol. The summed E-state index contributed by atoms with van der Waals surface area (Å²) >= 11 is 3.40. The second-order valence-electron chi connectivity index (χ2n) is 4.80. The maximum Gasteiger partial charge on any atom is 0.407 e. The number of alkyl halides is 1. The van der Waals surface area contributed by atoms with Crippen LogP contribution in [-0.4, -0.2) is 23.6 Å². The summed E-state index contributed by atoms with van der Waals surface area (Å²) in [6.45, 7) is 8.45. The van der Waals surface area contributed by atoms with Gasteiger partial charge in [-0.05, 0) is 39.5 Å². The molecule has 1 unspecified atom stereocenters. The van der Waals surface area contributed by atoms with Gasteiger partial charge >= 0.3 is 6.09 Å². The zero-order valence-electron chi connectivity index (χ0n) is 10.1. The van der Waals surface area contributed by atoms with E-state index in [-0.39, 0.29) is 6.09 Å². The Morgan fingerprint density at radius 3 is 2.47 bits per heavy atom. The number of alkyl carbamates (subject to hydrolysis) is 1. The highest BCUT2D eigenvalue weighted by atomic mass is 79.9. The molecule has 1 atom stereocenters. The highest BCUT2D eigenvalue weighted by molar-refractivity contribution is 9.09. The lowest BCUT2D eigenvalue weighted by atomic mass is 10.1. The zero-order chi connectivity index (χ0) is 11.9. The molecule has 0 aliphatic heterocycles. The van der Waals surface area contributed by atoms with Crippen molar-refractivity contribution in [2.45, 2.75) is 46.1 Å². The summed E-state index contributed by atoms with van der Waals surface area (Å²) in [6, 6.07) is 0. The van der Waals surface area contributed by atoms with Crippen molar-refractivity contribution in [3.05, 3.63) is 0 Å². The zero-order valence-corrected chi connectivity index (χ0v) is 11.7. The molecule has 15 heavy (non-hydrogen) atoms. The normalized spacial score (nSPS) is 13.4. The maximum atomic E-state index is 11.3. The highest BCUT2D eigenvalue weighted by Crippen LogP contribution is 2.09. The molecule has 0 rings (SSSR count). The number of hydrogen-bond donors (Lipinski definition) is 1. The molecule has 0 fully saturated rings. The fourth-order valence-corrected chi connectivity index (χ4v) is 1.85. The number of nitrogens with one attached hydrogen (secondary N) is 1. The second-order valence-corrected chi connectivity index (χ2v) is 5.59. The summed E-state index contributed by atoms with van der Waals surface area (Å²) in [5.74, 6) is 0.624. The van der Waals surface area contributed by atoms with Crippen molar-refractivity contribution in [3.8, 4) is 0 Å². The lowest BCUT2D eigenvalue weighted by Gasteiger charge is -2.20. The third-order valence-electron chi connectivity index (χ3n) is 1.91. The largest absolute Gasteiger partial charge is 0.444 e. The summed E-state index contributed by atoms with van der Waals surface area (Å²) in [6.07, 6.45) is 1.80. The molecule has 0 aliphatic carbocycles. The molecule has 0 heterocycles. The summed E-state index contributed by atoms with van der Waals surface area (Å²) in [4.78, 5) is 11.3. The van der Waals surface area contributed by atoms with E-state index in [1.54, 1.807) is 0 Å². The predicted octanol–water partition coefficient (Wildman–Crippen LogP) is 3.32. The molecule has 1 N–H and O–H groups in total. The Balaban J connectivity index is 3.55. The molecule has 0 bridgehead atoms. The minimum absolute atomic E-state index is 0.325. The number of rotatable bonds is 5. The molecule has 0 aromatic heterocycles. The minimum atomic E-state index is -0.411. The summed E-state index contributed by atoms with van der Waals surface area (Å²) in [5.41, 5.74) is -0.411. The van der Waals surface area contributed by atoms with Crippen molar-refractivity contribution in [1.29, 1.82) is 0 Å². The summed E-state index contributed by atoms with van der Waals surface area (Å²) in [5, 5.41) is 3.77. The number of carbonyl (C=O) groups excluding carboxylic acids is 1. The molecule has 0 aliphatic rings. The van der Waals surface area contributed by atoms with Crippen LogP contribution in [0.2, 0.25) is 0 Å². The molecule has 0 aromatic rings. The molecular formula is C11H22BrNO2. The van der Waals surface area contributed by atoms with Crippen LogP contribution >= 0.6 is 15.9 Å². The summed E-state index contributed by atoms with van der Waals surface area (Å²) < 4.78 is 5.12. The van der Waals surface area contributed by atoms with Crippen LogP contribution in [0, 0.1) is 5.92 Å². The number of halogens is 1. The number of carbonyl (C=O) groups is 1. The van der Waals surface area contributed by atoms with Crippen molar-refractivity contribution in [3.63, 3.8) is 0 Å². The monoisotopic (exact) mass is 279 g/mol. The summed E-state index contributed by atoms with van der Waals surface area (Å²) in [7, 11) is 0. The van der Waals surface area contributed by atoms with Crippen molar-refractivity contribution in [2.75, 3.05) is 11.9 Å². The molecule has 0 saturated carbocycles. The SMILES string of the molecule is CC(CCBr)CCNC(=O)OC(C)(C)C. The van der Waals surface area contributed by atoms with Crippen LogP contribution in [0.5, 0.6) is 0 Å². The van der Waals surface area contributed by atoms with Gasteiger partial charge in [0.15, 0.2) is 0 Å². The Kier molecular flexibility index (Phi) is 6.98. The van der Waals surface area contributed by atoms with Gasteiger partial charge in [0.05, 0.1) is 0 Å². The molecule has 3 nitrogen and oxygen atoms in total. The Morgan fingerprint density at radius 1 is 1.40 bits per heavy atom. The van der Waals surface area contributed by atoms with Crippen LogP contribution in [0.3, 0.4) is 0 Å². The van der Waals surface area contributed by atoms with E-state index in [1.165, 1.54) is 0 Å². The van der Waals surface area contributed by atoms with Crippen LogP contribution in [0.4, 0.5) is 4.79 Å². The Bertz CT molecular complexity index is 190. The van der Waals surface area contributed by atoms with E-state index in [0.29, 0.717) is 12.5 Å². The third-order valence-corrected chi connectivity index (χ3v) is 2.37. The van der Waals surface area contributed by atoms with Crippen LogP contribution in [-0.2, 0) is 4.74 Å². The maximum absolute atomic E-state index is 11.3. The van der Waals surface area contributed by atoms with Crippen molar-refractivity contribution in [2.24, 2.45) is 5.92 Å². The third kappa shape index (κ3) is 10.0. The topological polar surface area (TPSA) is 38.3 Å². The van der Waals surface area contributed by atoms with E-state index in [2.05, 4.69) is 28.2 Å². The van der Waals surface area contributed by atoms with Crippen LogP contribution in [0.15, 0.2) is 0 Å². The van der Waals surface area contributed by atoms with Gasteiger partial charge in [0.1, 0.15) is 5.60 Å². The van der Waals surface area contributed by atoms with Gasteiger partial charge in [0.25, 0.3) is 0 Å². The molecule has 0 saturated heterocycles. The predicted molar refractivity (Wildman–Crippen MR) is 66.4 cm³/mol. The van der Waals surface area contributed by atoms with Crippen LogP contribution in [0.25, 0.3) is 0 Å². The Labute approximate surface area is 101 Å². The van der Waals surface area contributed by atoms with Gasteiger partial charge in [-0.15, -0.1) is 0 Å². The van der Waals surface area contributed by atoms with Crippen molar-refractivity contribution in [1.82, 2.24) is 5.32 Å². The molecule has 0 aromatic carbocycles. The van der Waals surface area contributed by atoms with Crippen LogP contribution < -0.4 is 5.32 Å². The van der Waals surface area contributed by atoms with Gasteiger partial charge in [-0.1, -0.05) is 22.9 Å². The van der Waals surface area contributed by atoms with Crippen molar-refractivity contribution >= 4 is 22.0 Å². The smallest absolute Gasteiger partial charge is 0.407 e. The van der Waals surface area contributed by atoms with E-state index >= 15 is 0 Å². The average Bonchev–Trinajstić information content (AvgIpc) is 2.00. The molecule has 4 heteroatoms. The molecule has 1 amide bonds. The fraction of sp³-hybridized carbons (Fsp3) is 0.909. The first-order chi connectivity index (χ1) is 6.85. The first-order valence-electron chi connectivity index (χ1n) is 5.38.